The second-order valence-electron chi connectivity index (χ2n) is 17.0. The van der Waals surface area contributed by atoms with E-state index in [1.165, 1.54) is 24.8 Å². The number of allylic oxidation sites excluding steroid dienone is 1. The second kappa shape index (κ2) is 13.7. The van der Waals surface area contributed by atoms with Gasteiger partial charge in [0.2, 0.25) is 0 Å². The van der Waals surface area contributed by atoms with Gasteiger partial charge < -0.3 is 19.4 Å². The van der Waals surface area contributed by atoms with Crippen LogP contribution in [0.5, 0.6) is 0 Å². The van der Waals surface area contributed by atoms with Crippen LogP contribution in [-0.2, 0) is 19.2 Å². The Balaban J connectivity index is 1.20. The van der Waals surface area contributed by atoms with Gasteiger partial charge in [0.05, 0.1) is 46.0 Å². The van der Waals surface area contributed by atoms with Crippen molar-refractivity contribution in [3.63, 3.8) is 0 Å². The molecule has 0 radical (unpaired) electrons. The molecule has 0 aromatic carbocycles. The average Bonchev–Trinajstić information content (AvgIpc) is 3.60. The highest BCUT2D eigenvalue weighted by atomic mass is 16.7. The standard InChI is InChI=1S/C37H61N4O5/c1-24(2)45-34(43)33-14-10-27(38-33)17-20-40(21-22-41(6,7)8)35(44)46-39-25(3)30-12-13-31-29-11-9-26-23-28(42)15-18-36(26,4)32(29)16-19-37(30,31)5/h23-24,27,29-33,38H,9-22H2,1-8H3/q+1/b39-25+/t27?,29-,30+,31-,32-,33?,36-,37+/m0/s1. The average molecular weight is 642 g/mol. The van der Waals surface area contributed by atoms with E-state index in [9.17, 15) is 14.4 Å². The lowest BCUT2D eigenvalue weighted by atomic mass is 9.46. The quantitative estimate of drug-likeness (QED) is 0.102. The van der Waals surface area contributed by atoms with Crippen LogP contribution in [0.25, 0.3) is 0 Å². The van der Waals surface area contributed by atoms with Gasteiger partial charge in [-0.15, -0.1) is 0 Å². The molecule has 4 aliphatic carbocycles. The number of nitrogens with one attached hydrogen (secondary N) is 1. The summed E-state index contributed by atoms with van der Waals surface area (Å²) < 4.78 is 6.14. The number of carbonyl (C=O) groups is 3. The Morgan fingerprint density at radius 1 is 1.02 bits per heavy atom. The summed E-state index contributed by atoms with van der Waals surface area (Å²) in [6, 6.07) is -0.123. The Hall–Kier alpha value is -2.26. The molecule has 2 unspecified atom stereocenters. The highest BCUT2D eigenvalue weighted by Crippen LogP contribution is 2.66. The fourth-order valence-corrected chi connectivity index (χ4v) is 10.1. The number of esters is 1. The molecule has 1 amide bonds. The topological polar surface area (TPSA) is 97.3 Å². The van der Waals surface area contributed by atoms with Gasteiger partial charge in [-0.25, -0.2) is 4.79 Å². The van der Waals surface area contributed by atoms with Crippen LogP contribution in [0.1, 0.15) is 105 Å². The molecule has 8 atom stereocenters. The summed E-state index contributed by atoms with van der Waals surface area (Å²) in [4.78, 5) is 45.6. The van der Waals surface area contributed by atoms with Crippen molar-refractivity contribution in [2.75, 3.05) is 40.8 Å². The predicted octanol–water partition coefficient (Wildman–Crippen LogP) is 6.12. The minimum absolute atomic E-state index is 0.128. The first-order chi connectivity index (χ1) is 21.6. The van der Waals surface area contributed by atoms with E-state index in [-0.39, 0.29) is 35.0 Å². The molecular formula is C37H61N4O5+. The van der Waals surface area contributed by atoms with E-state index in [2.05, 4.69) is 52.4 Å². The number of amides is 1. The summed E-state index contributed by atoms with van der Waals surface area (Å²) in [7, 11) is 6.37. The van der Waals surface area contributed by atoms with Crippen molar-refractivity contribution in [1.82, 2.24) is 10.2 Å². The Morgan fingerprint density at radius 3 is 2.50 bits per heavy atom. The summed E-state index contributed by atoms with van der Waals surface area (Å²) in [5.74, 6) is 2.44. The van der Waals surface area contributed by atoms with Crippen molar-refractivity contribution in [3.05, 3.63) is 11.6 Å². The molecule has 1 saturated heterocycles. The normalized spacial score (nSPS) is 36.1. The van der Waals surface area contributed by atoms with Crippen molar-refractivity contribution in [1.29, 1.82) is 0 Å². The number of hydrogen-bond acceptors (Lipinski definition) is 7. The van der Waals surface area contributed by atoms with Crippen LogP contribution in [0, 0.1) is 34.5 Å². The largest absolute Gasteiger partial charge is 0.462 e. The zero-order valence-electron chi connectivity index (χ0n) is 29.9. The maximum Gasteiger partial charge on any atom is 0.436 e. The lowest BCUT2D eigenvalue weighted by Crippen LogP contribution is -2.51. The number of carbonyl (C=O) groups excluding carboxylic acids is 3. The number of quaternary nitrogens is 1. The number of nitrogens with zero attached hydrogens (tertiary/aromatic N) is 3. The highest BCUT2D eigenvalue weighted by molar-refractivity contribution is 5.91. The van der Waals surface area contributed by atoms with E-state index in [0.717, 1.165) is 61.7 Å². The monoisotopic (exact) mass is 641 g/mol. The molecule has 5 aliphatic rings. The zero-order chi connectivity index (χ0) is 33.4. The van der Waals surface area contributed by atoms with Gasteiger partial charge in [-0.3, -0.25) is 14.4 Å². The number of hydrogen-bond donors (Lipinski definition) is 1. The van der Waals surface area contributed by atoms with Gasteiger partial charge in [0.1, 0.15) is 6.04 Å². The Kier molecular flexibility index (Phi) is 10.4. The number of fused-ring (bicyclic) bond motifs is 5. The first kappa shape index (κ1) is 35.1. The van der Waals surface area contributed by atoms with Crippen molar-refractivity contribution in [2.45, 2.75) is 123 Å². The third-order valence-corrected chi connectivity index (χ3v) is 12.7. The van der Waals surface area contributed by atoms with Crippen molar-refractivity contribution >= 4 is 23.6 Å². The summed E-state index contributed by atoms with van der Waals surface area (Å²) >= 11 is 0. The first-order valence-electron chi connectivity index (χ1n) is 18.1. The minimum Gasteiger partial charge on any atom is -0.462 e. The number of ketones is 1. The van der Waals surface area contributed by atoms with Crippen LogP contribution in [0.15, 0.2) is 16.8 Å². The third kappa shape index (κ3) is 7.40. The molecule has 0 bridgehead atoms. The molecule has 3 saturated carbocycles. The van der Waals surface area contributed by atoms with Crippen molar-refractivity contribution in [2.24, 2.45) is 39.7 Å². The lowest BCUT2D eigenvalue weighted by molar-refractivity contribution is -0.869. The van der Waals surface area contributed by atoms with Crippen molar-refractivity contribution < 1.29 is 28.4 Å². The molecule has 1 aliphatic heterocycles. The summed E-state index contributed by atoms with van der Waals surface area (Å²) in [5, 5.41) is 7.96. The molecule has 0 spiro atoms. The fraction of sp³-hybridized carbons (Fsp3) is 0.838. The van der Waals surface area contributed by atoms with Gasteiger partial charge >= 0.3 is 12.1 Å². The van der Waals surface area contributed by atoms with Gasteiger partial charge in [0.15, 0.2) is 5.78 Å². The maximum atomic E-state index is 13.5. The molecule has 0 aromatic heterocycles. The van der Waals surface area contributed by atoms with E-state index < -0.39 is 6.09 Å². The van der Waals surface area contributed by atoms with Crippen LogP contribution >= 0.6 is 0 Å². The van der Waals surface area contributed by atoms with Crippen LogP contribution in [0.2, 0.25) is 0 Å². The molecule has 46 heavy (non-hydrogen) atoms. The maximum absolute atomic E-state index is 13.5. The molecular weight excluding hydrogens is 580 g/mol. The van der Waals surface area contributed by atoms with Gasteiger partial charge in [-0.2, -0.15) is 0 Å². The van der Waals surface area contributed by atoms with Crippen LogP contribution in [-0.4, -0.2) is 91.9 Å². The lowest BCUT2D eigenvalue weighted by Gasteiger charge is -2.58. The van der Waals surface area contributed by atoms with E-state index in [1.807, 2.05) is 19.9 Å². The van der Waals surface area contributed by atoms with E-state index in [4.69, 9.17) is 9.57 Å². The van der Waals surface area contributed by atoms with Gasteiger partial charge in [0, 0.05) is 24.9 Å². The molecule has 4 fully saturated rings. The summed E-state index contributed by atoms with van der Waals surface area (Å²) in [5.41, 5.74) is 2.70. The Morgan fingerprint density at radius 2 is 1.78 bits per heavy atom. The number of oxime groups is 1. The molecule has 9 heteroatoms. The van der Waals surface area contributed by atoms with Gasteiger partial charge in [0.25, 0.3) is 0 Å². The smallest absolute Gasteiger partial charge is 0.436 e. The number of ether oxygens (including phenoxy) is 1. The molecule has 9 nitrogen and oxygen atoms in total. The van der Waals surface area contributed by atoms with E-state index in [1.54, 1.807) is 4.90 Å². The van der Waals surface area contributed by atoms with Crippen LogP contribution in [0.3, 0.4) is 0 Å². The molecule has 0 aromatic rings. The highest BCUT2D eigenvalue weighted by Gasteiger charge is 2.59. The Labute approximate surface area is 277 Å². The van der Waals surface area contributed by atoms with Crippen molar-refractivity contribution in [3.8, 4) is 0 Å². The molecule has 1 heterocycles. The third-order valence-electron chi connectivity index (χ3n) is 12.7. The number of rotatable bonds is 10. The fourth-order valence-electron chi connectivity index (χ4n) is 10.1. The Bertz CT molecular complexity index is 1220. The van der Waals surface area contributed by atoms with Crippen LogP contribution in [0.4, 0.5) is 4.79 Å². The SMILES string of the molecule is C/C(=N\OC(=O)N(CCC1CCC(C(=O)OC(C)C)N1)CC[N+](C)(C)C)[C@H]1CC[C@H]2[C@@H]3CCC4=CC(=O)CC[C@]4(C)[C@H]3CC[C@]12C. The summed E-state index contributed by atoms with van der Waals surface area (Å²) in [6.45, 7) is 12.6. The second-order valence-corrected chi connectivity index (χ2v) is 17.0. The number of likely N-dealkylation sites (N-methyl/N-ethyl adjacent to an activating group) is 1. The van der Waals surface area contributed by atoms with Gasteiger partial charge in [-0.1, -0.05) is 24.6 Å². The zero-order valence-corrected chi connectivity index (χ0v) is 29.9. The summed E-state index contributed by atoms with van der Waals surface area (Å²) in [6.07, 6.45) is 12.5. The first-order valence-corrected chi connectivity index (χ1v) is 18.1. The van der Waals surface area contributed by atoms with Gasteiger partial charge in [-0.05, 0) is 120 Å². The molecule has 5 rings (SSSR count). The minimum atomic E-state index is -0.392. The molecule has 258 valence electrons. The van der Waals surface area contributed by atoms with E-state index in [0.29, 0.717) is 49.0 Å². The molecule has 1 N–H and O–H groups in total. The van der Waals surface area contributed by atoms with E-state index >= 15 is 0 Å². The predicted molar refractivity (Wildman–Crippen MR) is 180 cm³/mol. The van der Waals surface area contributed by atoms with Crippen LogP contribution < -0.4 is 5.32 Å².